The van der Waals surface area contributed by atoms with Crippen molar-refractivity contribution in [1.29, 1.82) is 0 Å². The first kappa shape index (κ1) is 22.1. The van der Waals surface area contributed by atoms with Crippen molar-refractivity contribution in [2.45, 2.75) is 26.1 Å². The highest BCUT2D eigenvalue weighted by Gasteiger charge is 2.36. The molecule has 1 aliphatic rings. The third-order valence-corrected chi connectivity index (χ3v) is 6.03. The van der Waals surface area contributed by atoms with E-state index < -0.39 is 17.7 Å². The molecule has 1 aliphatic heterocycles. The van der Waals surface area contributed by atoms with E-state index in [1.165, 1.54) is 28.5 Å². The summed E-state index contributed by atoms with van der Waals surface area (Å²) in [5.41, 5.74) is 2.62. The Balaban J connectivity index is 1.45. The number of carbonyl (C=O) groups is 1. The van der Waals surface area contributed by atoms with Crippen molar-refractivity contribution in [1.82, 2.24) is 29.4 Å². The van der Waals surface area contributed by atoms with Crippen molar-refractivity contribution in [3.8, 4) is 11.4 Å². The molecule has 0 bridgehead atoms. The zero-order valence-corrected chi connectivity index (χ0v) is 18.6. The van der Waals surface area contributed by atoms with Gasteiger partial charge in [0, 0.05) is 42.8 Å². The summed E-state index contributed by atoms with van der Waals surface area (Å²) < 4.78 is 56.5. The first-order valence-corrected chi connectivity index (χ1v) is 10.6. The lowest BCUT2D eigenvalue weighted by Crippen LogP contribution is -2.36. The highest BCUT2D eigenvalue weighted by Crippen LogP contribution is 2.35. The first-order chi connectivity index (χ1) is 16.0. The highest BCUT2D eigenvalue weighted by atomic mass is 19.4. The Morgan fingerprint density at radius 1 is 1.06 bits per heavy atom. The molecule has 0 fully saturated rings. The van der Waals surface area contributed by atoms with Gasteiger partial charge in [-0.3, -0.25) is 19.1 Å². The molecule has 11 heteroatoms. The molecule has 0 N–H and O–H groups in total. The summed E-state index contributed by atoms with van der Waals surface area (Å²) in [7, 11) is 3.11. The highest BCUT2D eigenvalue weighted by molar-refractivity contribution is 5.98. The Labute approximate surface area is 191 Å². The third kappa shape index (κ3) is 3.61. The molecule has 0 atom stereocenters. The fourth-order valence-electron chi connectivity index (χ4n) is 4.46. The summed E-state index contributed by atoms with van der Waals surface area (Å²) in [5, 5.41) is 8.34. The van der Waals surface area contributed by atoms with E-state index in [1.807, 2.05) is 0 Å². The summed E-state index contributed by atoms with van der Waals surface area (Å²) in [6.07, 6.45) is -4.13. The molecule has 4 heterocycles. The Kier molecular flexibility index (Phi) is 4.96. The van der Waals surface area contributed by atoms with Gasteiger partial charge in [0.15, 0.2) is 5.69 Å². The number of fused-ring (bicyclic) bond motifs is 2. The molecule has 0 saturated carbocycles. The van der Waals surface area contributed by atoms with Crippen LogP contribution < -0.4 is 0 Å². The number of nitrogens with zero attached hydrogens (tertiary/aromatic N) is 6. The molecule has 4 aromatic rings. The van der Waals surface area contributed by atoms with Crippen LogP contribution in [0.2, 0.25) is 0 Å². The SMILES string of the molecule is Cc1cc(F)c2cc(C(=O)N3CCc4c(nn(C)c4-c4cc(C(F)(F)F)nn4C)C3)ccc2n1. The van der Waals surface area contributed by atoms with Crippen molar-refractivity contribution < 1.29 is 22.4 Å². The van der Waals surface area contributed by atoms with E-state index in [4.69, 9.17) is 0 Å². The number of rotatable bonds is 2. The monoisotopic (exact) mass is 472 g/mol. The van der Waals surface area contributed by atoms with E-state index in [0.717, 1.165) is 11.6 Å². The number of alkyl halides is 3. The number of aryl methyl sites for hydroxylation is 3. The van der Waals surface area contributed by atoms with Crippen LogP contribution in [0.15, 0.2) is 30.3 Å². The van der Waals surface area contributed by atoms with Crippen molar-refractivity contribution in [3.05, 3.63) is 64.4 Å². The minimum atomic E-state index is -4.55. The van der Waals surface area contributed by atoms with E-state index in [2.05, 4.69) is 15.2 Å². The molecule has 1 aromatic carbocycles. The van der Waals surface area contributed by atoms with Gasteiger partial charge in [-0.1, -0.05) is 0 Å². The van der Waals surface area contributed by atoms with Crippen LogP contribution in [0, 0.1) is 12.7 Å². The van der Waals surface area contributed by atoms with E-state index >= 15 is 0 Å². The lowest BCUT2D eigenvalue weighted by atomic mass is 10.0. The third-order valence-electron chi connectivity index (χ3n) is 6.03. The van der Waals surface area contributed by atoms with Crippen LogP contribution in [0.3, 0.4) is 0 Å². The van der Waals surface area contributed by atoms with E-state index in [0.29, 0.717) is 46.8 Å². The van der Waals surface area contributed by atoms with Gasteiger partial charge >= 0.3 is 6.18 Å². The van der Waals surface area contributed by atoms with Gasteiger partial charge in [-0.15, -0.1) is 0 Å². The lowest BCUT2D eigenvalue weighted by molar-refractivity contribution is -0.141. The van der Waals surface area contributed by atoms with Gasteiger partial charge < -0.3 is 4.90 Å². The second kappa shape index (κ2) is 7.64. The molecule has 0 radical (unpaired) electrons. The molecule has 3 aromatic heterocycles. The molecule has 1 amide bonds. The number of carbonyl (C=O) groups excluding carboxylic acids is 1. The van der Waals surface area contributed by atoms with Crippen LogP contribution in [0.4, 0.5) is 17.6 Å². The molecule has 0 aliphatic carbocycles. The molecule has 0 unspecified atom stereocenters. The predicted molar refractivity (Wildman–Crippen MR) is 115 cm³/mol. The van der Waals surface area contributed by atoms with Crippen LogP contribution >= 0.6 is 0 Å². The van der Waals surface area contributed by atoms with Crippen LogP contribution in [-0.4, -0.2) is 41.9 Å². The van der Waals surface area contributed by atoms with Crippen LogP contribution in [0.25, 0.3) is 22.3 Å². The van der Waals surface area contributed by atoms with E-state index in [9.17, 15) is 22.4 Å². The minimum absolute atomic E-state index is 0.193. The molecular formula is C23H20F4N6O. The fourth-order valence-corrected chi connectivity index (χ4v) is 4.46. The van der Waals surface area contributed by atoms with Crippen molar-refractivity contribution in [2.24, 2.45) is 14.1 Å². The second-order valence-electron chi connectivity index (χ2n) is 8.39. The summed E-state index contributed by atoms with van der Waals surface area (Å²) in [5.74, 6) is -0.721. The fraction of sp³-hybridized carbons (Fsp3) is 0.304. The molecule has 0 saturated heterocycles. The average Bonchev–Trinajstić information content (AvgIpc) is 3.30. The molecular weight excluding hydrogens is 452 g/mol. The number of amides is 1. The van der Waals surface area contributed by atoms with Gasteiger partial charge in [0.05, 0.1) is 29.1 Å². The summed E-state index contributed by atoms with van der Waals surface area (Å²) in [4.78, 5) is 19.1. The Bertz CT molecular complexity index is 1450. The van der Waals surface area contributed by atoms with Crippen molar-refractivity contribution in [3.63, 3.8) is 0 Å². The topological polar surface area (TPSA) is 68.8 Å². The number of hydrogen-bond donors (Lipinski definition) is 0. The maximum absolute atomic E-state index is 14.4. The smallest absolute Gasteiger partial charge is 0.332 e. The van der Waals surface area contributed by atoms with Gasteiger partial charge in [0.2, 0.25) is 0 Å². The Morgan fingerprint density at radius 2 is 1.82 bits per heavy atom. The Morgan fingerprint density at radius 3 is 2.53 bits per heavy atom. The number of benzene rings is 1. The molecule has 5 rings (SSSR count). The maximum atomic E-state index is 14.4. The van der Waals surface area contributed by atoms with Crippen LogP contribution in [-0.2, 0) is 33.2 Å². The van der Waals surface area contributed by atoms with Crippen LogP contribution in [0.1, 0.15) is 33.0 Å². The van der Waals surface area contributed by atoms with E-state index in [1.54, 1.807) is 31.0 Å². The Hall–Kier alpha value is -3.76. The lowest BCUT2D eigenvalue weighted by Gasteiger charge is -2.26. The standard InChI is InChI=1S/C23H20F4N6O/c1-12-8-16(24)15-9-13(4-5-17(15)28-12)22(34)33-7-6-14-18(11-33)29-32(3)21(14)19-10-20(23(25,26)27)30-31(19)2/h4-5,8-10H,6-7,11H2,1-3H3. The number of hydrogen-bond acceptors (Lipinski definition) is 4. The average molecular weight is 472 g/mol. The maximum Gasteiger partial charge on any atom is 0.435 e. The quantitative estimate of drug-likeness (QED) is 0.413. The zero-order chi connectivity index (χ0) is 24.4. The first-order valence-electron chi connectivity index (χ1n) is 10.6. The van der Waals surface area contributed by atoms with E-state index in [-0.39, 0.29) is 17.8 Å². The van der Waals surface area contributed by atoms with Gasteiger partial charge in [-0.2, -0.15) is 23.4 Å². The van der Waals surface area contributed by atoms with Crippen molar-refractivity contribution in [2.75, 3.05) is 6.54 Å². The van der Waals surface area contributed by atoms with Gasteiger partial charge in [0.25, 0.3) is 5.91 Å². The summed E-state index contributed by atoms with van der Waals surface area (Å²) >= 11 is 0. The summed E-state index contributed by atoms with van der Waals surface area (Å²) in [6, 6.07) is 7.06. The normalized spacial score (nSPS) is 14.0. The molecule has 176 valence electrons. The van der Waals surface area contributed by atoms with Gasteiger partial charge in [-0.05, 0) is 43.7 Å². The summed E-state index contributed by atoms with van der Waals surface area (Å²) in [6.45, 7) is 2.24. The molecule has 0 spiro atoms. The number of halogens is 4. The minimum Gasteiger partial charge on any atom is -0.332 e. The molecule has 7 nitrogen and oxygen atoms in total. The van der Waals surface area contributed by atoms with Crippen molar-refractivity contribution >= 4 is 16.8 Å². The van der Waals surface area contributed by atoms with Crippen LogP contribution in [0.5, 0.6) is 0 Å². The predicted octanol–water partition coefficient (Wildman–Crippen LogP) is 4.03. The zero-order valence-electron chi connectivity index (χ0n) is 18.6. The number of pyridine rings is 1. The van der Waals surface area contributed by atoms with Gasteiger partial charge in [0.1, 0.15) is 5.82 Å². The second-order valence-corrected chi connectivity index (χ2v) is 8.39. The number of aromatic nitrogens is 5. The largest absolute Gasteiger partial charge is 0.435 e. The molecule has 34 heavy (non-hydrogen) atoms. The van der Waals surface area contributed by atoms with Gasteiger partial charge in [-0.25, -0.2) is 4.39 Å².